The first-order valence-electron chi connectivity index (χ1n) is 6.12. The van der Waals surface area contributed by atoms with Gasteiger partial charge in [-0.05, 0) is 62.2 Å². The van der Waals surface area contributed by atoms with Crippen molar-refractivity contribution in [1.82, 2.24) is 9.71 Å². The molecule has 0 bridgehead atoms. The van der Waals surface area contributed by atoms with E-state index in [2.05, 4.69) is 25.6 Å². The highest BCUT2D eigenvalue weighted by molar-refractivity contribution is 9.10. The van der Waals surface area contributed by atoms with Gasteiger partial charge in [-0.2, -0.15) is 0 Å². The van der Waals surface area contributed by atoms with Crippen molar-refractivity contribution in [2.24, 2.45) is 0 Å². The summed E-state index contributed by atoms with van der Waals surface area (Å²) in [5.41, 5.74) is 0.130. The molecule has 0 aliphatic heterocycles. The predicted molar refractivity (Wildman–Crippen MR) is 82.0 cm³/mol. The highest BCUT2D eigenvalue weighted by Gasteiger charge is 2.37. The van der Waals surface area contributed by atoms with Crippen molar-refractivity contribution in [3.8, 4) is 0 Å². The van der Waals surface area contributed by atoms with Crippen molar-refractivity contribution in [2.45, 2.75) is 44.4 Å². The van der Waals surface area contributed by atoms with Crippen LogP contribution in [0.15, 0.2) is 22.8 Å². The second-order valence-corrected chi connectivity index (χ2v) is 8.41. The van der Waals surface area contributed by atoms with Gasteiger partial charge in [0.25, 0.3) is 0 Å². The van der Waals surface area contributed by atoms with E-state index in [0.29, 0.717) is 6.42 Å². The van der Waals surface area contributed by atoms with Gasteiger partial charge in [-0.15, -0.1) is 4.72 Å². The molecule has 2 N–H and O–H groups in total. The van der Waals surface area contributed by atoms with E-state index in [1.54, 1.807) is 0 Å². The summed E-state index contributed by atoms with van der Waals surface area (Å²) in [7, 11) is 0. The Hall–Kier alpha value is -0.140. The standard InChI is InChI=1S/C13H21BrN2O2S/c1-12(2,3)19(18)16-13(4,8-9-17)10-6-5-7-11(14)15-10/h5-7,16-17H,8-9H2,1-4H3/t13-,19?/m0/s1. The number of nitrogens with one attached hydrogen (secondary N) is 1. The second-order valence-electron chi connectivity index (χ2n) is 5.63. The Bertz CT molecular complexity index is 425. The molecule has 1 aromatic heterocycles. The van der Waals surface area contributed by atoms with Gasteiger partial charge < -0.3 is 9.66 Å². The monoisotopic (exact) mass is 348 g/mol. The molecule has 1 aromatic rings. The van der Waals surface area contributed by atoms with E-state index in [-0.39, 0.29) is 11.4 Å². The van der Waals surface area contributed by atoms with Crippen LogP contribution in [0.2, 0.25) is 0 Å². The normalized spacial score (nSPS) is 17.0. The molecule has 0 aliphatic rings. The predicted octanol–water partition coefficient (Wildman–Crippen LogP) is 2.49. The number of nitrogens with zero attached hydrogens (tertiary/aromatic N) is 1. The van der Waals surface area contributed by atoms with Crippen molar-refractivity contribution in [3.05, 3.63) is 28.5 Å². The molecule has 19 heavy (non-hydrogen) atoms. The first kappa shape index (κ1) is 16.9. The van der Waals surface area contributed by atoms with Crippen LogP contribution in [0.4, 0.5) is 0 Å². The molecule has 0 aromatic carbocycles. The zero-order valence-electron chi connectivity index (χ0n) is 11.7. The fraction of sp³-hybridized carbons (Fsp3) is 0.615. The van der Waals surface area contributed by atoms with Crippen LogP contribution in [0.1, 0.15) is 39.8 Å². The van der Waals surface area contributed by atoms with Crippen LogP contribution in [-0.4, -0.2) is 26.0 Å². The number of aliphatic hydroxyl groups is 1. The van der Waals surface area contributed by atoms with Crippen molar-refractivity contribution in [1.29, 1.82) is 0 Å². The van der Waals surface area contributed by atoms with Gasteiger partial charge in [0.05, 0.1) is 5.69 Å². The average molecular weight is 349 g/mol. The number of pyridine rings is 1. The van der Waals surface area contributed by atoms with Gasteiger partial charge in [0, 0.05) is 18.0 Å². The first-order valence-corrected chi connectivity index (χ1v) is 8.07. The third-order valence-corrected chi connectivity index (χ3v) is 4.96. The van der Waals surface area contributed by atoms with Crippen LogP contribution in [0.5, 0.6) is 0 Å². The fourth-order valence-electron chi connectivity index (χ4n) is 1.53. The zero-order valence-corrected chi connectivity index (χ0v) is 14.1. The Kier molecular flexibility index (Phi) is 5.82. The lowest BCUT2D eigenvalue weighted by Crippen LogP contribution is -2.50. The molecule has 1 heterocycles. The SMILES string of the molecule is CC(C)(C)[S+]([O-])N[C@@](C)(CCO)c1cccc(Br)n1. The summed E-state index contributed by atoms with van der Waals surface area (Å²) in [5, 5.41) is 9.27. The summed E-state index contributed by atoms with van der Waals surface area (Å²) in [4.78, 5) is 4.41. The van der Waals surface area contributed by atoms with Crippen molar-refractivity contribution in [2.75, 3.05) is 6.61 Å². The molecule has 1 rings (SSSR count). The van der Waals surface area contributed by atoms with E-state index in [0.717, 1.165) is 10.3 Å². The summed E-state index contributed by atoms with van der Waals surface area (Å²) in [6.45, 7) is 7.62. The molecular formula is C13H21BrN2O2S. The number of hydrogen-bond donors (Lipinski definition) is 2. The van der Waals surface area contributed by atoms with E-state index >= 15 is 0 Å². The molecule has 0 fully saturated rings. The minimum absolute atomic E-state index is 0.000956. The maximum atomic E-state index is 12.3. The second kappa shape index (κ2) is 6.54. The number of aliphatic hydroxyl groups excluding tert-OH is 1. The number of rotatable bonds is 5. The Morgan fingerprint density at radius 3 is 2.47 bits per heavy atom. The highest BCUT2D eigenvalue weighted by Crippen LogP contribution is 2.27. The van der Waals surface area contributed by atoms with Gasteiger partial charge >= 0.3 is 0 Å². The number of halogens is 1. The van der Waals surface area contributed by atoms with Crippen LogP contribution in [0.25, 0.3) is 0 Å². The first-order chi connectivity index (χ1) is 8.69. The maximum absolute atomic E-state index is 12.3. The van der Waals surface area contributed by atoms with Gasteiger partial charge in [0.2, 0.25) is 0 Å². The van der Waals surface area contributed by atoms with Crippen LogP contribution < -0.4 is 4.72 Å². The van der Waals surface area contributed by atoms with Gasteiger partial charge in [0.15, 0.2) is 0 Å². The third-order valence-electron chi connectivity index (χ3n) is 2.77. The largest absolute Gasteiger partial charge is 0.598 e. The lowest BCUT2D eigenvalue weighted by Gasteiger charge is -2.34. The fourth-order valence-corrected chi connectivity index (χ4v) is 2.79. The molecule has 0 aliphatic carbocycles. The highest BCUT2D eigenvalue weighted by atomic mass is 79.9. The summed E-state index contributed by atoms with van der Waals surface area (Å²) in [6, 6.07) is 5.58. The molecule has 4 nitrogen and oxygen atoms in total. The molecule has 0 radical (unpaired) electrons. The summed E-state index contributed by atoms with van der Waals surface area (Å²) in [6.07, 6.45) is 0.443. The summed E-state index contributed by atoms with van der Waals surface area (Å²) < 4.78 is 15.7. The van der Waals surface area contributed by atoms with Gasteiger partial charge in [-0.3, -0.25) is 0 Å². The molecule has 0 saturated carbocycles. The third kappa shape index (κ3) is 4.72. The molecule has 1 unspecified atom stereocenters. The Morgan fingerprint density at radius 1 is 1.37 bits per heavy atom. The number of aromatic nitrogens is 1. The van der Waals surface area contributed by atoms with Crippen molar-refractivity contribution < 1.29 is 9.66 Å². The molecule has 0 saturated heterocycles. The number of hydrogen-bond acceptors (Lipinski definition) is 4. The molecule has 0 amide bonds. The smallest absolute Gasteiger partial charge is 0.136 e. The van der Waals surface area contributed by atoms with Crippen LogP contribution >= 0.6 is 15.9 Å². The maximum Gasteiger partial charge on any atom is 0.136 e. The Labute approximate surface area is 126 Å². The summed E-state index contributed by atoms with van der Waals surface area (Å²) >= 11 is 2.10. The van der Waals surface area contributed by atoms with Gasteiger partial charge in [-0.1, -0.05) is 6.07 Å². The van der Waals surface area contributed by atoms with E-state index in [9.17, 15) is 9.66 Å². The lowest BCUT2D eigenvalue weighted by molar-refractivity contribution is 0.234. The minimum atomic E-state index is -1.23. The van der Waals surface area contributed by atoms with E-state index in [4.69, 9.17) is 0 Å². The van der Waals surface area contributed by atoms with E-state index < -0.39 is 16.9 Å². The van der Waals surface area contributed by atoms with E-state index in [1.807, 2.05) is 45.9 Å². The van der Waals surface area contributed by atoms with E-state index in [1.165, 1.54) is 0 Å². The topological polar surface area (TPSA) is 68.2 Å². The lowest BCUT2D eigenvalue weighted by atomic mass is 9.95. The quantitative estimate of drug-likeness (QED) is 0.633. The average Bonchev–Trinajstić information content (AvgIpc) is 2.28. The Morgan fingerprint density at radius 2 is 2.00 bits per heavy atom. The van der Waals surface area contributed by atoms with Crippen molar-refractivity contribution in [3.63, 3.8) is 0 Å². The van der Waals surface area contributed by atoms with Gasteiger partial charge in [-0.25, -0.2) is 4.98 Å². The van der Waals surface area contributed by atoms with Gasteiger partial charge in [0.1, 0.15) is 14.9 Å². The van der Waals surface area contributed by atoms with Crippen molar-refractivity contribution >= 4 is 27.3 Å². The molecule has 108 valence electrons. The van der Waals surface area contributed by atoms with Crippen LogP contribution in [0.3, 0.4) is 0 Å². The molecule has 2 atom stereocenters. The molecule has 6 heteroatoms. The minimum Gasteiger partial charge on any atom is -0.598 e. The molecule has 0 spiro atoms. The van der Waals surface area contributed by atoms with Crippen LogP contribution in [0, 0.1) is 0 Å². The molecular weight excluding hydrogens is 328 g/mol. The summed E-state index contributed by atoms with van der Waals surface area (Å²) in [5.74, 6) is 0. The zero-order chi connectivity index (χ0) is 14.7. The Balaban J connectivity index is 3.03. The van der Waals surface area contributed by atoms with Crippen LogP contribution in [-0.2, 0) is 16.9 Å².